The summed E-state index contributed by atoms with van der Waals surface area (Å²) in [7, 11) is 0. The van der Waals surface area contributed by atoms with E-state index in [4.69, 9.17) is 4.42 Å². The molecule has 4 heteroatoms. The van der Waals surface area contributed by atoms with Crippen LogP contribution in [0.3, 0.4) is 0 Å². The lowest BCUT2D eigenvalue weighted by Crippen LogP contribution is -2.24. The zero-order valence-electron chi connectivity index (χ0n) is 14.5. The van der Waals surface area contributed by atoms with Crippen LogP contribution in [0.1, 0.15) is 60.0 Å². The topological polar surface area (TPSA) is 54.3 Å². The third-order valence-electron chi connectivity index (χ3n) is 4.51. The summed E-state index contributed by atoms with van der Waals surface area (Å²) in [5, 5.41) is 6.29. The van der Waals surface area contributed by atoms with Gasteiger partial charge in [-0.1, -0.05) is 26.0 Å². The fourth-order valence-corrected chi connectivity index (χ4v) is 2.90. The molecular formula is C20H26N2O2. The lowest BCUT2D eigenvalue weighted by molar-refractivity contribution is 0.0953. The van der Waals surface area contributed by atoms with Crippen LogP contribution in [0.5, 0.6) is 0 Å². The minimum absolute atomic E-state index is 0.00655. The normalized spacial score (nSPS) is 19.2. The van der Waals surface area contributed by atoms with E-state index in [9.17, 15) is 4.79 Å². The van der Waals surface area contributed by atoms with Gasteiger partial charge in [-0.05, 0) is 48.6 Å². The van der Waals surface area contributed by atoms with Crippen LogP contribution in [0.15, 0.2) is 40.8 Å². The molecule has 2 unspecified atom stereocenters. The van der Waals surface area contributed by atoms with E-state index in [-0.39, 0.29) is 5.91 Å². The molecule has 1 saturated carbocycles. The van der Waals surface area contributed by atoms with E-state index >= 15 is 0 Å². The molecule has 0 saturated heterocycles. The Bertz CT molecular complexity index is 692. The van der Waals surface area contributed by atoms with Crippen LogP contribution in [0.2, 0.25) is 0 Å². The number of hydrogen-bond donors (Lipinski definition) is 2. The summed E-state index contributed by atoms with van der Waals surface area (Å²) in [6.45, 7) is 6.43. The molecule has 1 aliphatic rings. The van der Waals surface area contributed by atoms with Crippen molar-refractivity contribution in [1.82, 2.24) is 10.6 Å². The third-order valence-corrected chi connectivity index (χ3v) is 4.51. The Morgan fingerprint density at radius 2 is 2.08 bits per heavy atom. The predicted octanol–water partition coefficient (Wildman–Crippen LogP) is 3.83. The molecule has 128 valence electrons. The Morgan fingerprint density at radius 3 is 2.83 bits per heavy atom. The SMILES string of the molecule is CCCNC(=O)c1cccc(CNCc2ccc(C3CC3C)o2)c1. The van der Waals surface area contributed by atoms with Gasteiger partial charge in [0.2, 0.25) is 0 Å². The molecule has 1 aromatic heterocycles. The minimum Gasteiger partial charge on any atom is -0.464 e. The molecule has 3 rings (SSSR count). The van der Waals surface area contributed by atoms with Crippen molar-refractivity contribution in [2.45, 2.75) is 45.7 Å². The smallest absolute Gasteiger partial charge is 0.251 e. The van der Waals surface area contributed by atoms with Gasteiger partial charge in [-0.15, -0.1) is 0 Å². The molecule has 1 aromatic carbocycles. The number of rotatable bonds is 8. The molecule has 1 aliphatic carbocycles. The Labute approximate surface area is 143 Å². The number of amides is 1. The van der Waals surface area contributed by atoms with Crippen LogP contribution in [0.25, 0.3) is 0 Å². The van der Waals surface area contributed by atoms with Gasteiger partial charge in [0.15, 0.2) is 0 Å². The molecule has 2 aromatic rings. The maximum Gasteiger partial charge on any atom is 0.251 e. The molecule has 2 N–H and O–H groups in total. The van der Waals surface area contributed by atoms with E-state index in [0.29, 0.717) is 31.1 Å². The quantitative estimate of drug-likeness (QED) is 0.775. The highest BCUT2D eigenvalue weighted by atomic mass is 16.3. The fraction of sp³-hybridized carbons (Fsp3) is 0.450. The number of furan rings is 1. The van der Waals surface area contributed by atoms with Gasteiger partial charge in [-0.2, -0.15) is 0 Å². The lowest BCUT2D eigenvalue weighted by Gasteiger charge is -2.07. The number of carbonyl (C=O) groups excluding carboxylic acids is 1. The second-order valence-corrected chi connectivity index (χ2v) is 6.68. The van der Waals surface area contributed by atoms with Gasteiger partial charge in [0.05, 0.1) is 6.54 Å². The lowest BCUT2D eigenvalue weighted by atomic mass is 10.1. The van der Waals surface area contributed by atoms with Crippen molar-refractivity contribution in [1.29, 1.82) is 0 Å². The van der Waals surface area contributed by atoms with Gasteiger partial charge < -0.3 is 15.1 Å². The average Bonchev–Trinajstić information content (AvgIpc) is 3.14. The van der Waals surface area contributed by atoms with Gasteiger partial charge in [0, 0.05) is 24.6 Å². The Hall–Kier alpha value is -2.07. The summed E-state index contributed by atoms with van der Waals surface area (Å²) >= 11 is 0. The van der Waals surface area contributed by atoms with Crippen LogP contribution in [-0.4, -0.2) is 12.5 Å². The number of benzene rings is 1. The van der Waals surface area contributed by atoms with Crippen molar-refractivity contribution in [2.75, 3.05) is 6.54 Å². The first-order valence-corrected chi connectivity index (χ1v) is 8.84. The van der Waals surface area contributed by atoms with Crippen molar-refractivity contribution in [3.63, 3.8) is 0 Å². The van der Waals surface area contributed by atoms with E-state index in [1.807, 2.05) is 31.2 Å². The van der Waals surface area contributed by atoms with Gasteiger partial charge in [0.25, 0.3) is 5.91 Å². The summed E-state index contributed by atoms with van der Waals surface area (Å²) in [6, 6.07) is 11.9. The fourth-order valence-electron chi connectivity index (χ4n) is 2.90. The number of carbonyl (C=O) groups is 1. The van der Waals surface area contributed by atoms with Crippen LogP contribution >= 0.6 is 0 Å². The van der Waals surface area contributed by atoms with E-state index < -0.39 is 0 Å². The van der Waals surface area contributed by atoms with Gasteiger partial charge in [-0.25, -0.2) is 0 Å². The summed E-state index contributed by atoms with van der Waals surface area (Å²) in [4.78, 5) is 12.0. The van der Waals surface area contributed by atoms with Crippen molar-refractivity contribution in [3.05, 3.63) is 59.0 Å². The summed E-state index contributed by atoms with van der Waals surface area (Å²) in [5.41, 5.74) is 1.81. The molecule has 4 nitrogen and oxygen atoms in total. The molecular weight excluding hydrogens is 300 g/mol. The van der Waals surface area contributed by atoms with Gasteiger partial charge in [-0.3, -0.25) is 4.79 Å². The molecule has 1 amide bonds. The minimum atomic E-state index is -0.00655. The molecule has 0 aliphatic heterocycles. The Kier molecular flexibility index (Phi) is 5.36. The first-order valence-electron chi connectivity index (χ1n) is 8.84. The van der Waals surface area contributed by atoms with Gasteiger partial charge >= 0.3 is 0 Å². The molecule has 2 atom stereocenters. The molecule has 1 fully saturated rings. The maximum atomic E-state index is 12.0. The first-order chi connectivity index (χ1) is 11.7. The summed E-state index contributed by atoms with van der Waals surface area (Å²) in [6.07, 6.45) is 2.19. The van der Waals surface area contributed by atoms with Crippen LogP contribution < -0.4 is 10.6 Å². The van der Waals surface area contributed by atoms with Crippen molar-refractivity contribution < 1.29 is 9.21 Å². The highest BCUT2D eigenvalue weighted by molar-refractivity contribution is 5.94. The molecule has 0 spiro atoms. The van der Waals surface area contributed by atoms with E-state index in [0.717, 1.165) is 29.4 Å². The highest BCUT2D eigenvalue weighted by Crippen LogP contribution is 2.47. The maximum absolute atomic E-state index is 12.0. The number of hydrogen-bond acceptors (Lipinski definition) is 3. The van der Waals surface area contributed by atoms with Crippen LogP contribution in [0, 0.1) is 5.92 Å². The highest BCUT2D eigenvalue weighted by Gasteiger charge is 2.36. The summed E-state index contributed by atoms with van der Waals surface area (Å²) < 4.78 is 5.90. The zero-order valence-corrected chi connectivity index (χ0v) is 14.5. The van der Waals surface area contributed by atoms with E-state index in [1.54, 1.807) is 0 Å². The van der Waals surface area contributed by atoms with E-state index in [1.165, 1.54) is 6.42 Å². The average molecular weight is 326 g/mol. The van der Waals surface area contributed by atoms with Gasteiger partial charge in [0.1, 0.15) is 11.5 Å². The van der Waals surface area contributed by atoms with Crippen LogP contribution in [0.4, 0.5) is 0 Å². The standard InChI is InChI=1S/C20H26N2O2/c1-3-9-22-20(23)16-6-4-5-15(11-16)12-21-13-17-7-8-19(24-17)18-10-14(18)2/h4-8,11,14,18,21H,3,9-10,12-13H2,1-2H3,(H,22,23). The largest absolute Gasteiger partial charge is 0.464 e. The second kappa shape index (κ2) is 7.67. The molecule has 0 radical (unpaired) electrons. The van der Waals surface area contributed by atoms with E-state index in [2.05, 4.69) is 29.7 Å². The van der Waals surface area contributed by atoms with Crippen molar-refractivity contribution in [3.8, 4) is 0 Å². The molecule has 24 heavy (non-hydrogen) atoms. The Morgan fingerprint density at radius 1 is 1.25 bits per heavy atom. The third kappa shape index (κ3) is 4.26. The summed E-state index contributed by atoms with van der Waals surface area (Å²) in [5.74, 6) is 3.47. The monoisotopic (exact) mass is 326 g/mol. The van der Waals surface area contributed by atoms with Crippen molar-refractivity contribution >= 4 is 5.91 Å². The Balaban J connectivity index is 1.49. The molecule has 1 heterocycles. The second-order valence-electron chi connectivity index (χ2n) is 6.68. The number of nitrogens with one attached hydrogen (secondary N) is 2. The molecule has 0 bridgehead atoms. The zero-order chi connectivity index (χ0) is 16.9. The van der Waals surface area contributed by atoms with Crippen LogP contribution in [-0.2, 0) is 13.1 Å². The predicted molar refractivity (Wildman–Crippen MR) is 94.8 cm³/mol. The van der Waals surface area contributed by atoms with Crippen molar-refractivity contribution in [2.24, 2.45) is 5.92 Å². The first kappa shape index (κ1) is 16.8.